The predicted molar refractivity (Wildman–Crippen MR) is 70.5 cm³/mol. The van der Waals surface area contributed by atoms with Gasteiger partial charge in [0.15, 0.2) is 5.84 Å². The summed E-state index contributed by atoms with van der Waals surface area (Å²) >= 11 is 0. The maximum atomic E-state index is 12.1. The van der Waals surface area contributed by atoms with Gasteiger partial charge in [-0.2, -0.15) is 0 Å². The molecule has 0 aliphatic carbocycles. The zero-order valence-electron chi connectivity index (χ0n) is 11.5. The van der Waals surface area contributed by atoms with E-state index in [4.69, 9.17) is 10.9 Å². The molecular weight excluding hydrogens is 232 g/mol. The van der Waals surface area contributed by atoms with Crippen LogP contribution in [-0.2, 0) is 4.79 Å². The molecule has 0 spiro atoms. The van der Waals surface area contributed by atoms with Gasteiger partial charge in [0.05, 0.1) is 5.92 Å². The number of carbonyl (C=O) groups excluding carboxylic acids is 1. The van der Waals surface area contributed by atoms with Crippen molar-refractivity contribution in [3.8, 4) is 0 Å². The van der Waals surface area contributed by atoms with Crippen LogP contribution in [0.3, 0.4) is 0 Å². The maximum absolute atomic E-state index is 12.1. The minimum Gasteiger partial charge on any atom is -0.409 e. The number of nitrogens with two attached hydrogens (primary N) is 1. The Bertz CT molecular complexity index is 311. The van der Waals surface area contributed by atoms with Gasteiger partial charge in [-0.3, -0.25) is 9.69 Å². The van der Waals surface area contributed by atoms with Crippen LogP contribution >= 0.6 is 0 Å². The van der Waals surface area contributed by atoms with Crippen LogP contribution in [0.5, 0.6) is 0 Å². The van der Waals surface area contributed by atoms with Crippen molar-refractivity contribution < 1.29 is 10.0 Å². The summed E-state index contributed by atoms with van der Waals surface area (Å²) in [7, 11) is 0. The Labute approximate surface area is 108 Å². The summed E-state index contributed by atoms with van der Waals surface area (Å²) in [5, 5.41) is 11.5. The van der Waals surface area contributed by atoms with Crippen LogP contribution in [0, 0.1) is 5.92 Å². The quantitative estimate of drug-likeness (QED) is 0.328. The average molecular weight is 256 g/mol. The SMILES string of the molecule is CCC(C)N1CCN(C(=O)C(C)C(N)=NO)CC1. The van der Waals surface area contributed by atoms with Crippen LogP contribution in [0.25, 0.3) is 0 Å². The second-order valence-corrected chi connectivity index (χ2v) is 4.87. The highest BCUT2D eigenvalue weighted by Crippen LogP contribution is 2.11. The molecule has 3 N–H and O–H groups in total. The summed E-state index contributed by atoms with van der Waals surface area (Å²) in [5.74, 6) is -0.636. The number of amides is 1. The van der Waals surface area contributed by atoms with Crippen molar-refractivity contribution in [1.29, 1.82) is 0 Å². The number of hydrogen-bond acceptors (Lipinski definition) is 4. The van der Waals surface area contributed by atoms with E-state index in [2.05, 4.69) is 23.9 Å². The smallest absolute Gasteiger partial charge is 0.233 e. The highest BCUT2D eigenvalue weighted by molar-refractivity contribution is 6.01. The van der Waals surface area contributed by atoms with E-state index < -0.39 is 5.92 Å². The Morgan fingerprint density at radius 1 is 1.33 bits per heavy atom. The largest absolute Gasteiger partial charge is 0.409 e. The van der Waals surface area contributed by atoms with Gasteiger partial charge in [-0.25, -0.2) is 0 Å². The van der Waals surface area contributed by atoms with E-state index in [1.807, 2.05) is 0 Å². The average Bonchev–Trinajstić information content (AvgIpc) is 2.44. The molecule has 1 rings (SSSR count). The molecule has 18 heavy (non-hydrogen) atoms. The topological polar surface area (TPSA) is 82.2 Å². The zero-order valence-corrected chi connectivity index (χ0v) is 11.5. The van der Waals surface area contributed by atoms with Gasteiger partial charge in [-0.15, -0.1) is 0 Å². The van der Waals surface area contributed by atoms with E-state index in [9.17, 15) is 4.79 Å². The Kier molecular flexibility index (Phi) is 5.40. The number of piperazine rings is 1. The van der Waals surface area contributed by atoms with E-state index in [0.29, 0.717) is 19.1 Å². The molecule has 1 aliphatic heterocycles. The van der Waals surface area contributed by atoms with Crippen molar-refractivity contribution in [2.45, 2.75) is 33.2 Å². The number of amidine groups is 1. The van der Waals surface area contributed by atoms with Crippen molar-refractivity contribution in [1.82, 2.24) is 9.80 Å². The molecule has 0 radical (unpaired) electrons. The molecule has 6 heteroatoms. The first-order chi connectivity index (χ1) is 8.51. The first-order valence-corrected chi connectivity index (χ1v) is 6.51. The van der Waals surface area contributed by atoms with Gasteiger partial charge < -0.3 is 15.8 Å². The minimum absolute atomic E-state index is 0.0237. The number of carbonyl (C=O) groups is 1. The fourth-order valence-electron chi connectivity index (χ4n) is 2.13. The molecule has 2 atom stereocenters. The molecule has 104 valence electrons. The Balaban J connectivity index is 2.50. The van der Waals surface area contributed by atoms with Gasteiger partial charge in [0, 0.05) is 32.2 Å². The number of rotatable bonds is 4. The lowest BCUT2D eigenvalue weighted by molar-refractivity contribution is -0.135. The molecule has 2 unspecified atom stereocenters. The summed E-state index contributed by atoms with van der Waals surface area (Å²) < 4.78 is 0. The second kappa shape index (κ2) is 6.58. The number of nitrogens with zero attached hydrogens (tertiary/aromatic N) is 3. The zero-order chi connectivity index (χ0) is 13.7. The van der Waals surface area contributed by atoms with Crippen LogP contribution in [0.2, 0.25) is 0 Å². The monoisotopic (exact) mass is 256 g/mol. The standard InChI is InChI=1S/C12H24N4O2/c1-4-9(2)15-5-7-16(8-6-15)12(17)10(3)11(13)14-18/h9-10,18H,4-8H2,1-3H3,(H2,13,14). The number of oxime groups is 1. The molecule has 1 aliphatic rings. The van der Waals surface area contributed by atoms with Gasteiger partial charge in [-0.05, 0) is 20.3 Å². The lowest BCUT2D eigenvalue weighted by Crippen LogP contribution is -2.53. The first kappa shape index (κ1) is 14.8. The van der Waals surface area contributed by atoms with Crippen molar-refractivity contribution in [3.05, 3.63) is 0 Å². The summed E-state index contributed by atoms with van der Waals surface area (Å²) in [6.07, 6.45) is 1.12. The van der Waals surface area contributed by atoms with Crippen LogP contribution in [-0.4, -0.2) is 59.0 Å². The fraction of sp³-hybridized carbons (Fsp3) is 0.833. The molecular formula is C12H24N4O2. The molecule has 1 fully saturated rings. The minimum atomic E-state index is -0.551. The third-order valence-corrected chi connectivity index (χ3v) is 3.77. The van der Waals surface area contributed by atoms with Crippen molar-refractivity contribution in [2.24, 2.45) is 16.8 Å². The predicted octanol–water partition coefficient (Wildman–Crippen LogP) is 0.312. The second-order valence-electron chi connectivity index (χ2n) is 4.87. The van der Waals surface area contributed by atoms with Crippen molar-refractivity contribution in [2.75, 3.05) is 26.2 Å². The van der Waals surface area contributed by atoms with Gasteiger partial charge >= 0.3 is 0 Å². The van der Waals surface area contributed by atoms with Crippen LogP contribution in [0.4, 0.5) is 0 Å². The highest BCUT2D eigenvalue weighted by Gasteiger charge is 2.28. The highest BCUT2D eigenvalue weighted by atomic mass is 16.4. The summed E-state index contributed by atoms with van der Waals surface area (Å²) in [6, 6.07) is 0.559. The van der Waals surface area contributed by atoms with E-state index >= 15 is 0 Å². The van der Waals surface area contributed by atoms with Gasteiger partial charge in [0.2, 0.25) is 5.91 Å². The molecule has 0 bridgehead atoms. The molecule has 0 saturated carbocycles. The normalized spacial score (nSPS) is 21.7. The Hall–Kier alpha value is -1.30. The molecule has 6 nitrogen and oxygen atoms in total. The molecule has 1 saturated heterocycles. The van der Waals surface area contributed by atoms with E-state index in [1.54, 1.807) is 11.8 Å². The Morgan fingerprint density at radius 2 is 1.89 bits per heavy atom. The Morgan fingerprint density at radius 3 is 2.33 bits per heavy atom. The van der Waals surface area contributed by atoms with E-state index in [-0.39, 0.29) is 11.7 Å². The lowest BCUT2D eigenvalue weighted by Gasteiger charge is -2.38. The van der Waals surface area contributed by atoms with Crippen LogP contribution < -0.4 is 5.73 Å². The van der Waals surface area contributed by atoms with Crippen LogP contribution in [0.1, 0.15) is 27.2 Å². The third-order valence-electron chi connectivity index (χ3n) is 3.77. The molecule has 0 aromatic heterocycles. The van der Waals surface area contributed by atoms with Gasteiger partial charge in [-0.1, -0.05) is 12.1 Å². The van der Waals surface area contributed by atoms with E-state index in [1.165, 1.54) is 0 Å². The number of hydrogen-bond donors (Lipinski definition) is 2. The summed E-state index contributed by atoms with van der Waals surface area (Å²) in [4.78, 5) is 16.3. The summed E-state index contributed by atoms with van der Waals surface area (Å²) in [6.45, 7) is 9.25. The van der Waals surface area contributed by atoms with Crippen LogP contribution in [0.15, 0.2) is 5.16 Å². The van der Waals surface area contributed by atoms with Crippen molar-refractivity contribution >= 4 is 11.7 Å². The third kappa shape index (κ3) is 3.35. The first-order valence-electron chi connectivity index (χ1n) is 6.51. The maximum Gasteiger partial charge on any atom is 0.233 e. The summed E-state index contributed by atoms with van der Waals surface area (Å²) in [5.41, 5.74) is 5.46. The molecule has 0 aromatic rings. The molecule has 1 heterocycles. The van der Waals surface area contributed by atoms with Gasteiger partial charge in [0.25, 0.3) is 0 Å². The molecule has 0 aromatic carbocycles. The lowest BCUT2D eigenvalue weighted by atomic mass is 10.1. The fourth-order valence-corrected chi connectivity index (χ4v) is 2.13. The molecule has 1 amide bonds. The van der Waals surface area contributed by atoms with Gasteiger partial charge in [0.1, 0.15) is 0 Å². The van der Waals surface area contributed by atoms with Crippen molar-refractivity contribution in [3.63, 3.8) is 0 Å². The van der Waals surface area contributed by atoms with E-state index in [0.717, 1.165) is 19.5 Å².